The molecule has 1 spiro atoms. The fourth-order valence-corrected chi connectivity index (χ4v) is 2.66. The Balaban J connectivity index is 1.90. The van der Waals surface area contributed by atoms with Gasteiger partial charge in [-0.25, -0.2) is 0 Å². The van der Waals surface area contributed by atoms with Crippen LogP contribution in [0.1, 0.15) is 12.8 Å². The number of nitrogens with one attached hydrogen (secondary N) is 1. The van der Waals surface area contributed by atoms with Gasteiger partial charge in [-0.15, -0.1) is 0 Å². The molecular weight excluding hydrogens is 228 g/mol. The molecule has 1 aliphatic carbocycles. The summed E-state index contributed by atoms with van der Waals surface area (Å²) in [6.45, 7) is 0. The zero-order chi connectivity index (χ0) is 12.6. The van der Waals surface area contributed by atoms with Crippen molar-refractivity contribution in [3.63, 3.8) is 0 Å². The summed E-state index contributed by atoms with van der Waals surface area (Å²) < 4.78 is 0. The topological polar surface area (TPSA) is 61.7 Å². The highest BCUT2D eigenvalue weighted by Crippen LogP contribution is 2.38. The number of aliphatic imine (C=N–C) groups is 1. The Morgan fingerprint density at radius 3 is 2.94 bits per heavy atom. The molecule has 2 atom stereocenters. The van der Waals surface area contributed by atoms with E-state index in [0.717, 1.165) is 11.1 Å². The predicted molar refractivity (Wildman–Crippen MR) is 69.2 cm³/mol. The van der Waals surface area contributed by atoms with Crippen molar-refractivity contribution >= 4 is 12.2 Å². The van der Waals surface area contributed by atoms with Gasteiger partial charge in [0.05, 0.1) is 0 Å². The van der Waals surface area contributed by atoms with E-state index in [0.29, 0.717) is 6.42 Å². The lowest BCUT2D eigenvalue weighted by Gasteiger charge is -2.35. The van der Waals surface area contributed by atoms with Crippen LogP contribution < -0.4 is 5.32 Å². The van der Waals surface area contributed by atoms with Crippen molar-refractivity contribution in [1.82, 2.24) is 5.32 Å². The van der Waals surface area contributed by atoms with Crippen molar-refractivity contribution < 1.29 is 9.90 Å². The number of hydrogen-bond acceptors (Lipinski definition) is 3. The molecule has 2 unspecified atom stereocenters. The second-order valence-corrected chi connectivity index (χ2v) is 4.72. The van der Waals surface area contributed by atoms with Gasteiger partial charge in [0.15, 0.2) is 0 Å². The summed E-state index contributed by atoms with van der Waals surface area (Å²) in [5.41, 5.74) is 1.99. The highest BCUT2D eigenvalue weighted by Gasteiger charge is 2.40. The third kappa shape index (κ3) is 1.61. The fourth-order valence-electron chi connectivity index (χ4n) is 2.66. The van der Waals surface area contributed by atoms with Crippen molar-refractivity contribution in [2.24, 2.45) is 10.9 Å². The predicted octanol–water partition coefficient (Wildman–Crippen LogP) is 1.79. The van der Waals surface area contributed by atoms with Gasteiger partial charge >= 0.3 is 5.97 Å². The SMILES string of the molecule is O=C(O)CCC1C=C2C=CN=CC23NC=CC3=C1. The zero-order valence-corrected chi connectivity index (χ0v) is 9.84. The second kappa shape index (κ2) is 3.98. The van der Waals surface area contributed by atoms with Crippen LogP contribution in [0.3, 0.4) is 0 Å². The van der Waals surface area contributed by atoms with E-state index in [9.17, 15) is 4.79 Å². The van der Waals surface area contributed by atoms with Gasteiger partial charge in [0, 0.05) is 18.8 Å². The van der Waals surface area contributed by atoms with E-state index in [1.807, 2.05) is 24.6 Å². The molecule has 4 nitrogen and oxygen atoms in total. The Bertz CT molecular complexity index is 540. The summed E-state index contributed by atoms with van der Waals surface area (Å²) in [6.07, 6.45) is 14.7. The normalized spacial score (nSPS) is 31.2. The quantitative estimate of drug-likeness (QED) is 0.793. The van der Waals surface area contributed by atoms with E-state index < -0.39 is 5.97 Å². The maximum absolute atomic E-state index is 10.6. The molecule has 2 aliphatic heterocycles. The average molecular weight is 242 g/mol. The summed E-state index contributed by atoms with van der Waals surface area (Å²) in [7, 11) is 0. The van der Waals surface area contributed by atoms with Crippen LogP contribution in [0.5, 0.6) is 0 Å². The number of carboxylic acid groups (broad SMARTS) is 1. The first-order valence-electron chi connectivity index (χ1n) is 6.02. The molecule has 0 aromatic rings. The Hall–Kier alpha value is -2.10. The van der Waals surface area contributed by atoms with Crippen molar-refractivity contribution in [2.45, 2.75) is 18.4 Å². The molecule has 2 N–H and O–H groups in total. The number of aliphatic carboxylic acids is 1. The summed E-state index contributed by atoms with van der Waals surface area (Å²) in [5.74, 6) is -0.565. The minimum Gasteiger partial charge on any atom is -0.481 e. The van der Waals surface area contributed by atoms with Crippen LogP contribution >= 0.6 is 0 Å². The van der Waals surface area contributed by atoms with Crippen LogP contribution in [0, 0.1) is 5.92 Å². The standard InChI is InChI=1S/C14H14N2O2/c17-13(18)2-1-10-7-11-3-5-15-9-14(11)12(8-10)4-6-16-14/h3-10,16H,1-2H2,(H,17,18). The van der Waals surface area contributed by atoms with Crippen molar-refractivity contribution in [3.8, 4) is 0 Å². The van der Waals surface area contributed by atoms with E-state index in [4.69, 9.17) is 5.11 Å². The molecular formula is C14H14N2O2. The van der Waals surface area contributed by atoms with Crippen LogP contribution in [0.2, 0.25) is 0 Å². The van der Waals surface area contributed by atoms with Crippen LogP contribution in [0.15, 0.2) is 52.8 Å². The summed E-state index contributed by atoms with van der Waals surface area (Å²) >= 11 is 0. The van der Waals surface area contributed by atoms with Gasteiger partial charge in [0.25, 0.3) is 0 Å². The van der Waals surface area contributed by atoms with Gasteiger partial charge < -0.3 is 10.4 Å². The van der Waals surface area contributed by atoms with Gasteiger partial charge in [-0.05, 0) is 41.8 Å². The number of carboxylic acids is 1. The second-order valence-electron chi connectivity index (χ2n) is 4.72. The highest BCUT2D eigenvalue weighted by molar-refractivity contribution is 5.87. The van der Waals surface area contributed by atoms with E-state index in [1.54, 1.807) is 6.20 Å². The molecule has 3 rings (SSSR count). The van der Waals surface area contributed by atoms with Crippen molar-refractivity contribution in [2.75, 3.05) is 0 Å². The molecule has 2 heterocycles. The van der Waals surface area contributed by atoms with E-state index in [1.165, 1.54) is 0 Å². The van der Waals surface area contributed by atoms with E-state index in [-0.39, 0.29) is 17.9 Å². The smallest absolute Gasteiger partial charge is 0.303 e. The van der Waals surface area contributed by atoms with E-state index >= 15 is 0 Å². The monoisotopic (exact) mass is 242 g/mol. The highest BCUT2D eigenvalue weighted by atomic mass is 16.4. The maximum atomic E-state index is 10.6. The molecule has 18 heavy (non-hydrogen) atoms. The van der Waals surface area contributed by atoms with Crippen molar-refractivity contribution in [1.29, 1.82) is 0 Å². The molecule has 0 saturated carbocycles. The van der Waals surface area contributed by atoms with Gasteiger partial charge in [-0.1, -0.05) is 12.2 Å². The molecule has 4 heteroatoms. The minimum atomic E-state index is -0.746. The fraction of sp³-hybridized carbons (Fsp3) is 0.286. The molecule has 0 radical (unpaired) electrons. The molecule has 0 fully saturated rings. The van der Waals surface area contributed by atoms with E-state index in [2.05, 4.69) is 22.5 Å². The Morgan fingerprint density at radius 1 is 1.39 bits per heavy atom. The molecule has 0 amide bonds. The summed E-state index contributed by atoms with van der Waals surface area (Å²) in [5, 5.41) is 12.1. The number of rotatable bonds is 3. The largest absolute Gasteiger partial charge is 0.481 e. The third-order valence-corrected chi connectivity index (χ3v) is 3.57. The van der Waals surface area contributed by atoms with Gasteiger partial charge in [-0.3, -0.25) is 9.79 Å². The van der Waals surface area contributed by atoms with Crippen LogP contribution in [0.25, 0.3) is 0 Å². The lowest BCUT2D eigenvalue weighted by Crippen LogP contribution is -2.46. The third-order valence-electron chi connectivity index (χ3n) is 3.57. The van der Waals surface area contributed by atoms with Crippen LogP contribution in [-0.4, -0.2) is 22.8 Å². The van der Waals surface area contributed by atoms with Crippen LogP contribution in [0.4, 0.5) is 0 Å². The molecule has 0 aromatic heterocycles. The first-order valence-corrected chi connectivity index (χ1v) is 6.02. The minimum absolute atomic E-state index is 0.180. The Kier molecular flexibility index (Phi) is 2.44. The Morgan fingerprint density at radius 2 is 2.17 bits per heavy atom. The number of hydrogen-bond donors (Lipinski definition) is 2. The maximum Gasteiger partial charge on any atom is 0.303 e. The lowest BCUT2D eigenvalue weighted by molar-refractivity contribution is -0.137. The van der Waals surface area contributed by atoms with Gasteiger partial charge in [-0.2, -0.15) is 0 Å². The Labute approximate surface area is 105 Å². The zero-order valence-electron chi connectivity index (χ0n) is 9.84. The molecule has 3 aliphatic rings. The number of nitrogens with zero attached hydrogens (tertiary/aromatic N) is 1. The lowest BCUT2D eigenvalue weighted by atomic mass is 9.76. The van der Waals surface area contributed by atoms with Gasteiger partial charge in [0.2, 0.25) is 0 Å². The van der Waals surface area contributed by atoms with Crippen LogP contribution in [-0.2, 0) is 4.79 Å². The average Bonchev–Trinajstić information content (AvgIpc) is 2.76. The first kappa shape index (κ1) is 11.0. The summed E-state index contributed by atoms with van der Waals surface area (Å²) in [4.78, 5) is 14.9. The summed E-state index contributed by atoms with van der Waals surface area (Å²) in [6, 6.07) is 0. The molecule has 0 aromatic carbocycles. The number of allylic oxidation sites excluding steroid dienone is 2. The number of carbonyl (C=O) groups is 1. The molecule has 92 valence electrons. The molecule has 0 bridgehead atoms. The first-order chi connectivity index (χ1) is 8.71. The van der Waals surface area contributed by atoms with Gasteiger partial charge in [0.1, 0.15) is 5.54 Å². The van der Waals surface area contributed by atoms with Crippen molar-refractivity contribution in [3.05, 3.63) is 47.9 Å². The molecule has 0 saturated heterocycles.